The van der Waals surface area contributed by atoms with Crippen molar-refractivity contribution in [2.45, 2.75) is 19.8 Å². The maximum absolute atomic E-state index is 2.41. The van der Waals surface area contributed by atoms with Crippen molar-refractivity contribution in [3.05, 3.63) is 48.1 Å². The van der Waals surface area contributed by atoms with E-state index in [2.05, 4.69) is 61.4 Å². The van der Waals surface area contributed by atoms with E-state index < -0.39 is 0 Å². The second-order valence-electron chi connectivity index (χ2n) is 5.02. The SMILES string of the molecule is CC1=C\C=C/C=C/C2(/C=C\1)CCN(C)CC2. The zero-order chi connectivity index (χ0) is 11.4. The van der Waals surface area contributed by atoms with E-state index in [9.17, 15) is 0 Å². The molecule has 2 aliphatic rings. The maximum atomic E-state index is 2.41. The van der Waals surface area contributed by atoms with Gasteiger partial charge in [-0.2, -0.15) is 0 Å². The van der Waals surface area contributed by atoms with Crippen molar-refractivity contribution >= 4 is 0 Å². The van der Waals surface area contributed by atoms with Gasteiger partial charge in [-0.25, -0.2) is 0 Å². The van der Waals surface area contributed by atoms with Crippen LogP contribution in [0, 0.1) is 5.41 Å². The molecule has 0 radical (unpaired) electrons. The lowest BCUT2D eigenvalue weighted by Gasteiger charge is -2.36. The van der Waals surface area contributed by atoms with Crippen LogP contribution in [0.2, 0.25) is 0 Å². The summed E-state index contributed by atoms with van der Waals surface area (Å²) in [6.07, 6.45) is 18.1. The molecular weight excluding hydrogens is 194 g/mol. The van der Waals surface area contributed by atoms with Crippen LogP contribution in [0.15, 0.2) is 48.1 Å². The minimum atomic E-state index is 0.288. The third-order valence-corrected chi connectivity index (χ3v) is 3.61. The molecule has 1 heterocycles. The monoisotopic (exact) mass is 215 g/mol. The molecule has 86 valence electrons. The van der Waals surface area contributed by atoms with Crippen LogP contribution < -0.4 is 0 Å². The Kier molecular flexibility index (Phi) is 3.45. The predicted octanol–water partition coefficient (Wildman–Crippen LogP) is 3.33. The fourth-order valence-electron chi connectivity index (χ4n) is 2.30. The fraction of sp³-hybridized carbons (Fsp3) is 0.467. The largest absolute Gasteiger partial charge is 0.306 e. The summed E-state index contributed by atoms with van der Waals surface area (Å²) in [6, 6.07) is 0. The molecule has 1 spiro atoms. The van der Waals surface area contributed by atoms with Gasteiger partial charge >= 0.3 is 0 Å². The van der Waals surface area contributed by atoms with Gasteiger partial charge in [-0.05, 0) is 39.9 Å². The van der Waals surface area contributed by atoms with Crippen LogP contribution in [0.25, 0.3) is 0 Å². The van der Waals surface area contributed by atoms with Gasteiger partial charge in [0.2, 0.25) is 0 Å². The molecule has 1 saturated heterocycles. The van der Waals surface area contributed by atoms with Crippen molar-refractivity contribution in [3.8, 4) is 0 Å². The molecule has 0 N–H and O–H groups in total. The first kappa shape index (κ1) is 11.4. The van der Waals surface area contributed by atoms with Crippen molar-refractivity contribution < 1.29 is 0 Å². The smallest absolute Gasteiger partial charge is 0.00915 e. The van der Waals surface area contributed by atoms with Gasteiger partial charge in [0.05, 0.1) is 0 Å². The third kappa shape index (κ3) is 2.73. The third-order valence-electron chi connectivity index (χ3n) is 3.61. The Morgan fingerprint density at radius 3 is 2.56 bits per heavy atom. The lowest BCUT2D eigenvalue weighted by atomic mass is 9.77. The second-order valence-corrected chi connectivity index (χ2v) is 5.02. The normalized spacial score (nSPS) is 34.2. The quantitative estimate of drug-likeness (QED) is 0.599. The molecular formula is C15H21N. The number of allylic oxidation sites excluding steroid dienone is 8. The van der Waals surface area contributed by atoms with Crippen LogP contribution in [0.4, 0.5) is 0 Å². The molecule has 1 aliphatic heterocycles. The van der Waals surface area contributed by atoms with Gasteiger partial charge in [0.15, 0.2) is 0 Å². The van der Waals surface area contributed by atoms with Crippen LogP contribution in [0.1, 0.15) is 19.8 Å². The summed E-state index contributed by atoms with van der Waals surface area (Å²) in [5.74, 6) is 0. The molecule has 0 bridgehead atoms. The summed E-state index contributed by atoms with van der Waals surface area (Å²) in [6.45, 7) is 4.55. The highest BCUT2D eigenvalue weighted by molar-refractivity contribution is 5.29. The highest BCUT2D eigenvalue weighted by atomic mass is 15.1. The molecule has 0 atom stereocenters. The summed E-state index contributed by atoms with van der Waals surface area (Å²) in [4.78, 5) is 2.41. The zero-order valence-corrected chi connectivity index (χ0v) is 10.3. The molecule has 0 aromatic heterocycles. The van der Waals surface area contributed by atoms with Crippen molar-refractivity contribution in [2.75, 3.05) is 20.1 Å². The fourth-order valence-corrected chi connectivity index (χ4v) is 2.30. The Morgan fingerprint density at radius 1 is 1.06 bits per heavy atom. The van der Waals surface area contributed by atoms with E-state index in [1.54, 1.807) is 0 Å². The Labute approximate surface area is 98.8 Å². The molecule has 0 amide bonds. The molecule has 0 saturated carbocycles. The number of piperidine rings is 1. The minimum absolute atomic E-state index is 0.288. The summed E-state index contributed by atoms with van der Waals surface area (Å²) < 4.78 is 0. The van der Waals surface area contributed by atoms with Crippen molar-refractivity contribution in [1.82, 2.24) is 4.90 Å². The Bertz CT molecular complexity index is 350. The Hall–Kier alpha value is -1.08. The molecule has 0 aromatic rings. The van der Waals surface area contributed by atoms with E-state index in [0.29, 0.717) is 0 Å². The van der Waals surface area contributed by atoms with Crippen LogP contribution >= 0.6 is 0 Å². The number of hydrogen-bond donors (Lipinski definition) is 0. The van der Waals surface area contributed by atoms with Gasteiger partial charge in [-0.1, -0.05) is 48.1 Å². The molecule has 1 heteroatoms. The highest BCUT2D eigenvalue weighted by Gasteiger charge is 2.28. The molecule has 0 unspecified atom stereocenters. The zero-order valence-electron chi connectivity index (χ0n) is 10.3. The topological polar surface area (TPSA) is 3.24 Å². The first-order valence-corrected chi connectivity index (χ1v) is 6.11. The van der Waals surface area contributed by atoms with Crippen LogP contribution in [-0.4, -0.2) is 25.0 Å². The van der Waals surface area contributed by atoms with Crippen LogP contribution in [-0.2, 0) is 0 Å². The average Bonchev–Trinajstić information content (AvgIpc) is 2.37. The average molecular weight is 215 g/mol. The Balaban J connectivity index is 2.22. The lowest BCUT2D eigenvalue weighted by molar-refractivity contribution is 0.201. The van der Waals surface area contributed by atoms with Gasteiger partial charge < -0.3 is 4.90 Å². The summed E-state index contributed by atoms with van der Waals surface area (Å²) >= 11 is 0. The second kappa shape index (κ2) is 4.84. The van der Waals surface area contributed by atoms with Gasteiger partial charge in [-0.15, -0.1) is 0 Å². The summed E-state index contributed by atoms with van der Waals surface area (Å²) in [5, 5.41) is 0. The molecule has 1 fully saturated rings. The molecule has 1 nitrogen and oxygen atoms in total. The minimum Gasteiger partial charge on any atom is -0.306 e. The maximum Gasteiger partial charge on any atom is 0.00915 e. The summed E-state index contributed by atoms with van der Waals surface area (Å²) in [5.41, 5.74) is 1.62. The first-order valence-electron chi connectivity index (χ1n) is 6.11. The number of rotatable bonds is 0. The number of likely N-dealkylation sites (tertiary alicyclic amines) is 1. The highest BCUT2D eigenvalue weighted by Crippen LogP contribution is 2.35. The summed E-state index contributed by atoms with van der Waals surface area (Å²) in [7, 11) is 2.21. The first-order chi connectivity index (χ1) is 7.70. The van der Waals surface area contributed by atoms with Gasteiger partial charge in [0.25, 0.3) is 0 Å². The van der Waals surface area contributed by atoms with E-state index in [-0.39, 0.29) is 5.41 Å². The van der Waals surface area contributed by atoms with E-state index >= 15 is 0 Å². The van der Waals surface area contributed by atoms with Crippen molar-refractivity contribution in [3.63, 3.8) is 0 Å². The number of hydrogen-bond acceptors (Lipinski definition) is 1. The van der Waals surface area contributed by atoms with E-state index in [1.165, 1.54) is 31.5 Å². The molecule has 0 aromatic carbocycles. The van der Waals surface area contributed by atoms with E-state index in [0.717, 1.165) is 0 Å². The molecule has 16 heavy (non-hydrogen) atoms. The van der Waals surface area contributed by atoms with Gasteiger partial charge in [0.1, 0.15) is 0 Å². The van der Waals surface area contributed by atoms with E-state index in [1.807, 2.05) is 0 Å². The predicted molar refractivity (Wildman–Crippen MR) is 70.3 cm³/mol. The van der Waals surface area contributed by atoms with E-state index in [4.69, 9.17) is 0 Å². The Morgan fingerprint density at radius 2 is 1.81 bits per heavy atom. The van der Waals surface area contributed by atoms with Crippen molar-refractivity contribution in [1.29, 1.82) is 0 Å². The van der Waals surface area contributed by atoms with Crippen LogP contribution in [0.3, 0.4) is 0 Å². The molecule has 1 aliphatic carbocycles. The van der Waals surface area contributed by atoms with Crippen LogP contribution in [0.5, 0.6) is 0 Å². The molecule has 2 rings (SSSR count). The lowest BCUT2D eigenvalue weighted by Crippen LogP contribution is -2.35. The van der Waals surface area contributed by atoms with Crippen molar-refractivity contribution in [2.24, 2.45) is 5.41 Å². The number of nitrogens with zero attached hydrogens (tertiary/aromatic N) is 1. The van der Waals surface area contributed by atoms with Gasteiger partial charge in [0, 0.05) is 5.41 Å². The van der Waals surface area contributed by atoms with Gasteiger partial charge in [-0.3, -0.25) is 0 Å². The standard InChI is InChI=1S/C15H21N/c1-14-6-4-3-5-8-15(9-7-14)10-12-16(2)13-11-15/h3-9H,10-13H2,1-2H3/b4-3-,8-5+,9-7-,14-6+.